The number of nitro benzene ring substituents is 1. The molecular formula is C17H22N4O7. The molecule has 5 N–H and O–H groups in total. The number of nitrogens with two attached hydrogens (primary N) is 1. The third kappa shape index (κ3) is 5.72. The van der Waals surface area contributed by atoms with Gasteiger partial charge >= 0.3 is 17.8 Å². The van der Waals surface area contributed by atoms with E-state index in [1.165, 1.54) is 12.1 Å². The molecule has 1 fully saturated rings. The van der Waals surface area contributed by atoms with Gasteiger partial charge in [0.15, 0.2) is 0 Å². The quantitative estimate of drug-likeness (QED) is 0.174. The minimum atomic E-state index is -1.11. The summed E-state index contributed by atoms with van der Waals surface area (Å²) in [6.45, 7) is 0.168. The Balaban J connectivity index is 2.02. The van der Waals surface area contributed by atoms with E-state index in [4.69, 9.17) is 15.7 Å². The fourth-order valence-corrected chi connectivity index (χ4v) is 3.18. The molecule has 0 radical (unpaired) electrons. The summed E-state index contributed by atoms with van der Waals surface area (Å²) in [5, 5.41) is 22.2. The van der Waals surface area contributed by atoms with Gasteiger partial charge in [0.25, 0.3) is 5.69 Å². The van der Waals surface area contributed by atoms with E-state index in [0.717, 1.165) is 31.2 Å². The summed E-state index contributed by atoms with van der Waals surface area (Å²) in [4.78, 5) is 44.0. The van der Waals surface area contributed by atoms with Crippen LogP contribution in [-0.2, 0) is 19.1 Å². The monoisotopic (exact) mass is 394 g/mol. The fraction of sp³-hybridized carbons (Fsp3) is 0.471. The molecule has 0 aromatic heterocycles. The van der Waals surface area contributed by atoms with Crippen LogP contribution in [0.1, 0.15) is 43.6 Å². The Hall–Kier alpha value is -3.05. The average molecular weight is 394 g/mol. The second-order valence-electron chi connectivity index (χ2n) is 6.45. The standard InChI is InChI=1S/C17H22N4O7/c18-20-17(25)16(24)19-13-6-3-11(9-14(13)21(26)27)10-1-4-12(5-2-10)28-8-7-15(22)23/h3,6,9-10,12H,1-2,4-5,7-8,18H2,(H,19,24)(H,20,25)(H,22,23). The van der Waals surface area contributed by atoms with E-state index < -0.39 is 22.7 Å². The molecule has 0 saturated heterocycles. The molecule has 11 nitrogen and oxygen atoms in total. The zero-order valence-electron chi connectivity index (χ0n) is 15.1. The van der Waals surface area contributed by atoms with Crippen molar-refractivity contribution in [1.82, 2.24) is 5.43 Å². The molecule has 2 rings (SSSR count). The lowest BCUT2D eigenvalue weighted by molar-refractivity contribution is -0.384. The number of anilines is 1. The molecule has 1 aliphatic carbocycles. The zero-order chi connectivity index (χ0) is 20.7. The predicted octanol–water partition coefficient (Wildman–Crippen LogP) is 1.04. The van der Waals surface area contributed by atoms with Crippen LogP contribution in [0.2, 0.25) is 0 Å². The second kappa shape index (κ2) is 9.76. The fourth-order valence-electron chi connectivity index (χ4n) is 3.18. The number of carboxylic acids is 1. The van der Waals surface area contributed by atoms with Crippen molar-refractivity contribution in [2.24, 2.45) is 5.84 Å². The number of nitrogens with zero attached hydrogens (tertiary/aromatic N) is 1. The van der Waals surface area contributed by atoms with E-state index in [9.17, 15) is 24.5 Å². The number of ether oxygens (including phenoxy) is 1. The van der Waals surface area contributed by atoms with Crippen LogP contribution in [0.25, 0.3) is 0 Å². The summed E-state index contributed by atoms with van der Waals surface area (Å²) in [5.41, 5.74) is 2.02. The maximum absolute atomic E-state index is 11.6. The molecule has 0 unspecified atom stereocenters. The van der Waals surface area contributed by atoms with Crippen molar-refractivity contribution >= 4 is 29.2 Å². The van der Waals surface area contributed by atoms with Gasteiger partial charge in [0.2, 0.25) is 0 Å². The normalized spacial score (nSPS) is 18.9. The predicted molar refractivity (Wildman–Crippen MR) is 97.3 cm³/mol. The molecule has 1 aromatic rings. The first-order valence-corrected chi connectivity index (χ1v) is 8.75. The first-order chi connectivity index (χ1) is 13.3. The van der Waals surface area contributed by atoms with Crippen molar-refractivity contribution in [2.45, 2.75) is 44.1 Å². The van der Waals surface area contributed by atoms with Crippen molar-refractivity contribution in [3.63, 3.8) is 0 Å². The van der Waals surface area contributed by atoms with Crippen LogP contribution >= 0.6 is 0 Å². The van der Waals surface area contributed by atoms with E-state index in [2.05, 4.69) is 5.32 Å². The van der Waals surface area contributed by atoms with E-state index in [1.54, 1.807) is 11.5 Å². The van der Waals surface area contributed by atoms with Crippen LogP contribution in [0.15, 0.2) is 18.2 Å². The van der Waals surface area contributed by atoms with Gasteiger partial charge in [-0.2, -0.15) is 0 Å². The number of aliphatic carboxylic acids is 1. The Morgan fingerprint density at radius 1 is 1.21 bits per heavy atom. The summed E-state index contributed by atoms with van der Waals surface area (Å²) in [6.07, 6.45) is 2.90. The molecule has 152 valence electrons. The second-order valence-corrected chi connectivity index (χ2v) is 6.45. The summed E-state index contributed by atoms with van der Waals surface area (Å²) < 4.78 is 5.55. The van der Waals surface area contributed by atoms with Gasteiger partial charge in [-0.15, -0.1) is 0 Å². The number of nitro groups is 1. The summed E-state index contributed by atoms with van der Waals surface area (Å²) in [5.74, 6) is 1.84. The maximum Gasteiger partial charge on any atom is 0.323 e. The van der Waals surface area contributed by atoms with Gasteiger partial charge in [-0.3, -0.25) is 29.9 Å². The van der Waals surface area contributed by atoms with Crippen molar-refractivity contribution < 1.29 is 29.2 Å². The van der Waals surface area contributed by atoms with Crippen molar-refractivity contribution in [3.05, 3.63) is 33.9 Å². The number of hydrazine groups is 1. The molecule has 0 atom stereocenters. The van der Waals surface area contributed by atoms with Crippen LogP contribution in [0.4, 0.5) is 11.4 Å². The summed E-state index contributed by atoms with van der Waals surface area (Å²) in [7, 11) is 0. The minimum absolute atomic E-state index is 0.0149. The summed E-state index contributed by atoms with van der Waals surface area (Å²) >= 11 is 0. The third-order valence-corrected chi connectivity index (χ3v) is 4.62. The first-order valence-electron chi connectivity index (χ1n) is 8.75. The molecule has 28 heavy (non-hydrogen) atoms. The minimum Gasteiger partial charge on any atom is -0.481 e. The Labute approximate surface area is 160 Å². The molecular weight excluding hydrogens is 372 g/mol. The van der Waals surface area contributed by atoms with Gasteiger partial charge < -0.3 is 15.2 Å². The van der Waals surface area contributed by atoms with E-state index >= 15 is 0 Å². The molecule has 0 heterocycles. The topological polar surface area (TPSA) is 174 Å². The molecule has 0 aliphatic heterocycles. The molecule has 2 amide bonds. The first kappa shape index (κ1) is 21.3. The highest BCUT2D eigenvalue weighted by Crippen LogP contribution is 2.37. The molecule has 1 aliphatic rings. The van der Waals surface area contributed by atoms with E-state index in [1.807, 2.05) is 0 Å². The van der Waals surface area contributed by atoms with Crippen molar-refractivity contribution in [2.75, 3.05) is 11.9 Å². The van der Waals surface area contributed by atoms with Gasteiger partial charge in [0.05, 0.1) is 24.1 Å². The van der Waals surface area contributed by atoms with Crippen LogP contribution in [0.5, 0.6) is 0 Å². The van der Waals surface area contributed by atoms with Gasteiger partial charge in [-0.25, -0.2) is 5.84 Å². The van der Waals surface area contributed by atoms with E-state index in [-0.39, 0.29) is 36.4 Å². The number of carboxylic acid groups (broad SMARTS) is 1. The Kier molecular flexibility index (Phi) is 7.41. The lowest BCUT2D eigenvalue weighted by Crippen LogP contribution is -2.39. The van der Waals surface area contributed by atoms with Gasteiger partial charge in [-0.1, -0.05) is 6.07 Å². The zero-order valence-corrected chi connectivity index (χ0v) is 15.1. The number of hydrogen-bond acceptors (Lipinski definition) is 7. The number of benzene rings is 1. The molecule has 0 spiro atoms. The number of carbonyl (C=O) groups is 3. The van der Waals surface area contributed by atoms with Crippen LogP contribution < -0.4 is 16.6 Å². The highest BCUT2D eigenvalue weighted by molar-refractivity contribution is 6.39. The summed E-state index contributed by atoms with van der Waals surface area (Å²) in [6, 6.07) is 4.47. The Morgan fingerprint density at radius 3 is 2.46 bits per heavy atom. The van der Waals surface area contributed by atoms with Gasteiger partial charge in [0, 0.05) is 6.07 Å². The van der Waals surface area contributed by atoms with Crippen LogP contribution in [-0.4, -0.2) is 40.5 Å². The lowest BCUT2D eigenvalue weighted by Gasteiger charge is -2.28. The van der Waals surface area contributed by atoms with Crippen LogP contribution in [0.3, 0.4) is 0 Å². The maximum atomic E-state index is 11.6. The number of amides is 2. The molecule has 1 saturated carbocycles. The third-order valence-electron chi connectivity index (χ3n) is 4.62. The highest BCUT2D eigenvalue weighted by Gasteiger charge is 2.26. The number of carbonyl (C=O) groups excluding carboxylic acids is 2. The van der Waals surface area contributed by atoms with Crippen molar-refractivity contribution in [1.29, 1.82) is 0 Å². The molecule has 0 bridgehead atoms. The van der Waals surface area contributed by atoms with Crippen LogP contribution in [0, 0.1) is 10.1 Å². The lowest BCUT2D eigenvalue weighted by atomic mass is 9.82. The Bertz CT molecular complexity index is 760. The molecule has 1 aromatic carbocycles. The highest BCUT2D eigenvalue weighted by atomic mass is 16.6. The SMILES string of the molecule is NNC(=O)C(=O)Nc1ccc(C2CCC(OCCC(=O)O)CC2)cc1[N+](=O)[O-]. The van der Waals surface area contributed by atoms with Gasteiger partial charge in [0.1, 0.15) is 5.69 Å². The number of rotatable bonds is 7. The van der Waals surface area contributed by atoms with Gasteiger partial charge in [-0.05, 0) is 43.2 Å². The smallest absolute Gasteiger partial charge is 0.323 e. The molecule has 11 heteroatoms. The van der Waals surface area contributed by atoms with Crippen molar-refractivity contribution in [3.8, 4) is 0 Å². The number of hydrogen-bond donors (Lipinski definition) is 4. The Morgan fingerprint density at radius 2 is 1.89 bits per heavy atom. The number of nitrogens with one attached hydrogen (secondary N) is 2. The average Bonchev–Trinajstić information content (AvgIpc) is 2.67. The van der Waals surface area contributed by atoms with E-state index in [0.29, 0.717) is 0 Å². The largest absolute Gasteiger partial charge is 0.481 e.